The molecule has 0 aliphatic carbocycles. The minimum Gasteiger partial charge on any atom is -0.298 e. The Morgan fingerprint density at radius 3 is 2.81 bits per heavy atom. The van der Waals surface area contributed by atoms with Crippen LogP contribution in [0.25, 0.3) is 20.9 Å². The van der Waals surface area contributed by atoms with Gasteiger partial charge in [0.15, 0.2) is 6.29 Å². The van der Waals surface area contributed by atoms with Crippen molar-refractivity contribution in [2.75, 3.05) is 0 Å². The maximum Gasteiger partial charge on any atom is 0.150 e. The fourth-order valence-electron chi connectivity index (χ4n) is 2.15. The lowest BCUT2D eigenvalue weighted by atomic mass is 10.0. The van der Waals surface area contributed by atoms with E-state index in [9.17, 15) is 4.79 Å². The summed E-state index contributed by atoms with van der Waals surface area (Å²) in [6.07, 6.45) is 0.945. The van der Waals surface area contributed by atoms with Crippen LogP contribution in [0.4, 0.5) is 0 Å². The van der Waals surface area contributed by atoms with Crippen LogP contribution in [0.1, 0.15) is 15.9 Å². The van der Waals surface area contributed by atoms with Crippen LogP contribution < -0.4 is 0 Å². The predicted octanol–water partition coefficient (Wildman–Crippen LogP) is 4.18. The molecule has 0 unspecified atom stereocenters. The van der Waals surface area contributed by atoms with Gasteiger partial charge in [0.2, 0.25) is 0 Å². The molecule has 0 spiro atoms. The van der Waals surface area contributed by atoms with Gasteiger partial charge in [0, 0.05) is 15.6 Å². The normalized spacial score (nSPS) is 11.1. The maximum absolute atomic E-state index is 11.1. The second kappa shape index (κ2) is 3.42. The standard InChI is InChI=1S/C14H10OS/c1-9-3-2-4-12-13(9)7-10(8-15)11-5-6-16-14(11)12/h2-8H,1H3. The summed E-state index contributed by atoms with van der Waals surface area (Å²) in [5.74, 6) is 0. The number of carbonyl (C=O) groups excluding carboxylic acids is 1. The van der Waals surface area contributed by atoms with E-state index in [1.165, 1.54) is 21.0 Å². The van der Waals surface area contributed by atoms with E-state index >= 15 is 0 Å². The third-order valence-electron chi connectivity index (χ3n) is 2.97. The lowest BCUT2D eigenvalue weighted by molar-refractivity contribution is 0.112. The van der Waals surface area contributed by atoms with Gasteiger partial charge in [-0.1, -0.05) is 18.2 Å². The highest BCUT2D eigenvalue weighted by Crippen LogP contribution is 2.33. The zero-order chi connectivity index (χ0) is 11.1. The number of hydrogen-bond acceptors (Lipinski definition) is 2. The largest absolute Gasteiger partial charge is 0.298 e. The smallest absolute Gasteiger partial charge is 0.150 e. The molecular formula is C14H10OS. The van der Waals surface area contributed by atoms with E-state index in [4.69, 9.17) is 0 Å². The van der Waals surface area contributed by atoms with E-state index in [0.29, 0.717) is 0 Å². The molecule has 2 heteroatoms. The van der Waals surface area contributed by atoms with Crippen molar-refractivity contribution in [3.63, 3.8) is 0 Å². The summed E-state index contributed by atoms with van der Waals surface area (Å²) in [7, 11) is 0. The summed E-state index contributed by atoms with van der Waals surface area (Å²) >= 11 is 1.70. The molecule has 16 heavy (non-hydrogen) atoms. The quantitative estimate of drug-likeness (QED) is 0.569. The summed E-state index contributed by atoms with van der Waals surface area (Å²) in [6, 6.07) is 10.3. The Morgan fingerprint density at radius 2 is 2.00 bits per heavy atom. The van der Waals surface area contributed by atoms with Gasteiger partial charge in [-0.25, -0.2) is 0 Å². The molecule has 1 nitrogen and oxygen atoms in total. The molecule has 0 saturated heterocycles. The fraction of sp³-hybridized carbons (Fsp3) is 0.0714. The van der Waals surface area contributed by atoms with Gasteiger partial charge in [0.1, 0.15) is 0 Å². The first-order valence-corrected chi connectivity index (χ1v) is 6.04. The van der Waals surface area contributed by atoms with Gasteiger partial charge in [-0.2, -0.15) is 0 Å². The molecule has 0 atom stereocenters. The van der Waals surface area contributed by atoms with E-state index in [-0.39, 0.29) is 0 Å². The Bertz CT molecular complexity index is 694. The van der Waals surface area contributed by atoms with Gasteiger partial charge in [0.05, 0.1) is 0 Å². The topological polar surface area (TPSA) is 17.1 Å². The average molecular weight is 226 g/mol. The summed E-state index contributed by atoms with van der Waals surface area (Å²) in [4.78, 5) is 11.1. The zero-order valence-electron chi connectivity index (χ0n) is 8.86. The lowest BCUT2D eigenvalue weighted by Crippen LogP contribution is -1.84. The molecule has 0 bridgehead atoms. The van der Waals surface area contributed by atoms with Crippen molar-refractivity contribution >= 4 is 38.5 Å². The highest BCUT2D eigenvalue weighted by molar-refractivity contribution is 7.18. The number of thiophene rings is 1. The van der Waals surface area contributed by atoms with Crippen LogP contribution in [-0.4, -0.2) is 6.29 Å². The Hall–Kier alpha value is -1.67. The van der Waals surface area contributed by atoms with Crippen molar-refractivity contribution in [2.45, 2.75) is 6.92 Å². The van der Waals surface area contributed by atoms with Crippen LogP contribution in [0.2, 0.25) is 0 Å². The van der Waals surface area contributed by atoms with Crippen LogP contribution in [0, 0.1) is 6.92 Å². The van der Waals surface area contributed by atoms with Crippen molar-refractivity contribution in [1.29, 1.82) is 0 Å². The van der Waals surface area contributed by atoms with Crippen LogP contribution >= 0.6 is 11.3 Å². The first-order valence-electron chi connectivity index (χ1n) is 5.16. The van der Waals surface area contributed by atoms with E-state index in [2.05, 4.69) is 25.1 Å². The summed E-state index contributed by atoms with van der Waals surface area (Å²) < 4.78 is 1.21. The minimum atomic E-state index is 0.790. The van der Waals surface area contributed by atoms with Crippen LogP contribution in [0.15, 0.2) is 35.7 Å². The molecule has 2 aromatic carbocycles. The van der Waals surface area contributed by atoms with Gasteiger partial charge in [-0.15, -0.1) is 11.3 Å². The number of hydrogen-bond donors (Lipinski definition) is 0. The molecule has 0 radical (unpaired) electrons. The molecule has 1 aromatic heterocycles. The number of fused-ring (bicyclic) bond motifs is 3. The predicted molar refractivity (Wildman–Crippen MR) is 69.5 cm³/mol. The summed E-state index contributed by atoms with van der Waals surface area (Å²) in [5.41, 5.74) is 2.01. The monoisotopic (exact) mass is 226 g/mol. The van der Waals surface area contributed by atoms with Gasteiger partial charge >= 0.3 is 0 Å². The molecule has 3 rings (SSSR count). The van der Waals surface area contributed by atoms with Gasteiger partial charge in [-0.3, -0.25) is 4.79 Å². The van der Waals surface area contributed by atoms with E-state index in [1.54, 1.807) is 11.3 Å². The molecule has 3 aromatic rings. The number of rotatable bonds is 1. The van der Waals surface area contributed by atoms with Crippen LogP contribution in [0.5, 0.6) is 0 Å². The second-order valence-corrected chi connectivity index (χ2v) is 4.83. The van der Waals surface area contributed by atoms with E-state index < -0.39 is 0 Å². The van der Waals surface area contributed by atoms with Crippen molar-refractivity contribution < 1.29 is 4.79 Å². The van der Waals surface area contributed by atoms with Crippen LogP contribution in [-0.2, 0) is 0 Å². The molecule has 0 fully saturated rings. The van der Waals surface area contributed by atoms with E-state index in [1.807, 2.05) is 17.5 Å². The van der Waals surface area contributed by atoms with Crippen molar-refractivity contribution in [3.05, 3.63) is 46.8 Å². The number of aldehydes is 1. The fourth-order valence-corrected chi connectivity index (χ4v) is 3.10. The van der Waals surface area contributed by atoms with Crippen molar-refractivity contribution in [2.24, 2.45) is 0 Å². The maximum atomic E-state index is 11.1. The first-order chi connectivity index (χ1) is 7.81. The highest BCUT2D eigenvalue weighted by atomic mass is 32.1. The van der Waals surface area contributed by atoms with Crippen LogP contribution in [0.3, 0.4) is 0 Å². The van der Waals surface area contributed by atoms with Gasteiger partial charge < -0.3 is 0 Å². The number of aryl methyl sites for hydroxylation is 1. The Morgan fingerprint density at radius 1 is 1.12 bits per heavy atom. The molecule has 0 aliphatic heterocycles. The van der Waals surface area contributed by atoms with Gasteiger partial charge in [0.25, 0.3) is 0 Å². The molecule has 0 amide bonds. The van der Waals surface area contributed by atoms with E-state index in [0.717, 1.165) is 17.2 Å². The molecule has 0 saturated carbocycles. The third kappa shape index (κ3) is 1.20. The summed E-state index contributed by atoms with van der Waals surface area (Å²) in [5, 5.41) is 5.53. The molecule has 0 aliphatic rings. The minimum absolute atomic E-state index is 0.790. The van der Waals surface area contributed by atoms with Crippen molar-refractivity contribution in [3.8, 4) is 0 Å². The Kier molecular flexibility index (Phi) is 2.04. The van der Waals surface area contributed by atoms with Gasteiger partial charge in [-0.05, 0) is 40.8 Å². The first kappa shape index (κ1) is 9.55. The SMILES string of the molecule is Cc1cccc2c1cc(C=O)c1ccsc12. The number of carbonyl (C=O) groups is 1. The van der Waals surface area contributed by atoms with Crippen molar-refractivity contribution in [1.82, 2.24) is 0 Å². The highest BCUT2D eigenvalue weighted by Gasteiger charge is 2.08. The summed E-state index contributed by atoms with van der Waals surface area (Å²) in [6.45, 7) is 2.08. The lowest BCUT2D eigenvalue weighted by Gasteiger charge is -2.05. The second-order valence-electron chi connectivity index (χ2n) is 3.92. The Labute approximate surface area is 97.3 Å². The molecule has 1 heterocycles. The average Bonchev–Trinajstić information content (AvgIpc) is 2.78. The third-order valence-corrected chi connectivity index (χ3v) is 3.92. The molecular weight excluding hydrogens is 216 g/mol. The number of benzene rings is 2. The zero-order valence-corrected chi connectivity index (χ0v) is 9.67. The Balaban J connectivity index is 2.64. The molecule has 0 N–H and O–H groups in total. The molecule has 78 valence electrons.